The molecule has 5 aliphatic rings. The maximum Gasteiger partial charge on any atom is 0.0910 e. The fourth-order valence-corrected chi connectivity index (χ4v) is 9.15. The predicted octanol–water partition coefficient (Wildman–Crippen LogP) is 10.4. The van der Waals surface area contributed by atoms with Crippen LogP contribution in [0, 0.1) is 13.8 Å². The molecule has 0 radical (unpaired) electrons. The Balaban J connectivity index is 1.16. The van der Waals surface area contributed by atoms with Gasteiger partial charge in [0.2, 0.25) is 0 Å². The number of nitrogens with zero attached hydrogens (tertiary/aromatic N) is 2. The van der Waals surface area contributed by atoms with Crippen LogP contribution in [0.5, 0.6) is 0 Å². The summed E-state index contributed by atoms with van der Waals surface area (Å²) >= 11 is 10.5. The summed E-state index contributed by atoms with van der Waals surface area (Å²) in [5, 5.41) is 2.20. The van der Waals surface area contributed by atoms with E-state index in [0.717, 1.165) is 50.5 Å². The van der Waals surface area contributed by atoms with Crippen LogP contribution in [0.1, 0.15) is 39.8 Å². The highest BCUT2D eigenvalue weighted by molar-refractivity contribution is 8.10. The van der Waals surface area contributed by atoms with E-state index in [-0.39, 0.29) is 6.04 Å². The third kappa shape index (κ3) is 4.11. The first-order valence-corrected chi connectivity index (χ1v) is 15.9. The summed E-state index contributed by atoms with van der Waals surface area (Å²) in [7, 11) is 2.14. The van der Waals surface area contributed by atoms with E-state index in [4.69, 9.17) is 11.8 Å². The van der Waals surface area contributed by atoms with Crippen LogP contribution in [0.15, 0.2) is 130 Å². The van der Waals surface area contributed by atoms with Crippen LogP contribution in [0.4, 0.5) is 0 Å². The molecule has 0 saturated carbocycles. The van der Waals surface area contributed by atoms with Crippen molar-refractivity contribution in [2.24, 2.45) is 0 Å². The molecule has 208 valence electrons. The Hall–Kier alpha value is -3.57. The number of fused-ring (bicyclic) bond motifs is 4. The zero-order chi connectivity index (χ0) is 29.4. The Labute approximate surface area is 262 Å². The van der Waals surface area contributed by atoms with Crippen LogP contribution in [-0.2, 0) is 0 Å². The number of aryl methyl sites for hydroxylation is 2. The number of allylic oxidation sites excluding steroid dienone is 10. The second kappa shape index (κ2) is 10.0. The lowest BCUT2D eigenvalue weighted by molar-refractivity contribution is 0.488. The van der Waals surface area contributed by atoms with Crippen molar-refractivity contribution in [3.05, 3.63) is 163 Å². The van der Waals surface area contributed by atoms with Gasteiger partial charge in [-0.05, 0) is 88.1 Å². The molecule has 0 bridgehead atoms. The third-order valence-corrected chi connectivity index (χ3v) is 11.8. The topological polar surface area (TPSA) is 6.48 Å². The summed E-state index contributed by atoms with van der Waals surface area (Å²) in [6.07, 6.45) is 11.8. The van der Waals surface area contributed by atoms with Gasteiger partial charge in [0.25, 0.3) is 0 Å². The number of hydrogen-bond donors (Lipinski definition) is 0. The van der Waals surface area contributed by atoms with Crippen LogP contribution in [-0.4, -0.2) is 22.4 Å². The Morgan fingerprint density at radius 1 is 0.738 bits per heavy atom. The number of likely N-dealkylation sites (N-methyl/N-ethyl adjacent to an activating group) is 1. The summed E-state index contributed by atoms with van der Waals surface area (Å²) in [5.41, 5.74) is 14.7. The van der Waals surface area contributed by atoms with Gasteiger partial charge in [0, 0.05) is 28.6 Å². The third-order valence-electron chi connectivity index (χ3n) is 8.63. The normalized spacial score (nSPS) is 25.0. The molecule has 1 unspecified atom stereocenters. The first-order chi connectivity index (χ1) is 20.1. The van der Waals surface area contributed by atoms with Crippen LogP contribution < -0.4 is 0 Å². The van der Waals surface area contributed by atoms with E-state index in [2.05, 4.69) is 119 Å². The minimum Gasteiger partial charge on any atom is -0.338 e. The fourth-order valence-electron chi connectivity index (χ4n) is 6.25. The summed E-state index contributed by atoms with van der Waals surface area (Å²) in [4.78, 5) is 4.87. The lowest BCUT2D eigenvalue weighted by Gasteiger charge is -2.23. The zero-order valence-corrected chi connectivity index (χ0v) is 26.4. The van der Waals surface area contributed by atoms with E-state index in [1.807, 2.05) is 16.2 Å². The molecule has 0 N–H and O–H groups in total. The van der Waals surface area contributed by atoms with Gasteiger partial charge in [-0.15, -0.1) is 0 Å². The molecule has 2 heterocycles. The predicted molar refractivity (Wildman–Crippen MR) is 185 cm³/mol. The SMILES string of the molecule is C=C1/C(=C/C=C2\SC3=C4S/C(=C\C=C5\C(=C)c6ccc(C)cc6C5=C)N(Cl)C4CC=C3N2C)C(=C)c2cc(C)ccc21. The van der Waals surface area contributed by atoms with Crippen LogP contribution >= 0.6 is 35.3 Å². The van der Waals surface area contributed by atoms with Crippen LogP contribution in [0.2, 0.25) is 0 Å². The Morgan fingerprint density at radius 2 is 1.26 bits per heavy atom. The highest BCUT2D eigenvalue weighted by Gasteiger charge is 2.41. The molecule has 0 aromatic heterocycles. The maximum absolute atomic E-state index is 6.96. The van der Waals surface area contributed by atoms with Crippen LogP contribution in [0.3, 0.4) is 0 Å². The van der Waals surface area contributed by atoms with Gasteiger partial charge in [0.05, 0.1) is 21.8 Å². The zero-order valence-electron chi connectivity index (χ0n) is 24.1. The average molecular weight is 603 g/mol. The van der Waals surface area contributed by atoms with E-state index in [1.165, 1.54) is 48.4 Å². The largest absolute Gasteiger partial charge is 0.338 e. The van der Waals surface area contributed by atoms with Crippen molar-refractivity contribution < 1.29 is 0 Å². The highest BCUT2D eigenvalue weighted by atomic mass is 35.5. The number of halogens is 1. The molecule has 0 spiro atoms. The van der Waals surface area contributed by atoms with Gasteiger partial charge in [0.15, 0.2) is 0 Å². The first kappa shape index (κ1) is 27.3. The van der Waals surface area contributed by atoms with Gasteiger partial charge in [-0.1, -0.05) is 116 Å². The van der Waals surface area contributed by atoms with Gasteiger partial charge in [-0.25, -0.2) is 0 Å². The Kier molecular flexibility index (Phi) is 6.50. The summed E-state index contributed by atoms with van der Waals surface area (Å²) in [5.74, 6) is 0. The number of thioether (sulfide) groups is 2. The highest BCUT2D eigenvalue weighted by Crippen LogP contribution is 2.57. The first-order valence-electron chi connectivity index (χ1n) is 14.0. The number of hydrogen-bond acceptors (Lipinski definition) is 4. The molecule has 2 aliphatic heterocycles. The van der Waals surface area contributed by atoms with E-state index in [0.29, 0.717) is 0 Å². The van der Waals surface area contributed by atoms with Crippen molar-refractivity contribution in [3.63, 3.8) is 0 Å². The number of benzene rings is 2. The molecule has 2 nitrogen and oxygen atoms in total. The molecule has 0 amide bonds. The average Bonchev–Trinajstić information content (AvgIpc) is 3.62. The van der Waals surface area contributed by atoms with E-state index in [9.17, 15) is 0 Å². The van der Waals surface area contributed by atoms with Gasteiger partial charge in [-0.2, -0.15) is 0 Å². The molecule has 2 aromatic rings. The van der Waals surface area contributed by atoms with Crippen molar-refractivity contribution in [2.45, 2.75) is 26.3 Å². The molecule has 7 rings (SSSR count). The minimum absolute atomic E-state index is 0.126. The Morgan fingerprint density at radius 3 is 1.83 bits per heavy atom. The quantitative estimate of drug-likeness (QED) is 0.315. The van der Waals surface area contributed by atoms with E-state index >= 15 is 0 Å². The van der Waals surface area contributed by atoms with Crippen molar-refractivity contribution in [2.75, 3.05) is 7.05 Å². The Bertz CT molecular complexity index is 1880. The van der Waals surface area contributed by atoms with Crippen molar-refractivity contribution in [3.8, 4) is 0 Å². The van der Waals surface area contributed by atoms with Crippen molar-refractivity contribution in [1.29, 1.82) is 0 Å². The standard InChI is InChI=1S/C37H31ClN2S2/c1-20-8-10-28-22(3)26(24(5)30(28)18-20)12-16-34-39(7)32-14-15-33-37(36(32)41-34)42-35(40(33)38)17-13-27-23(4)29-11-9-21(2)19-31(29)25(27)6/h8-14,16-19,33H,3-6,15H2,1-2,7H3/b26-12-,27-13-,34-16-,35-17-. The van der Waals surface area contributed by atoms with Gasteiger partial charge in [0.1, 0.15) is 0 Å². The molecule has 2 aromatic carbocycles. The van der Waals surface area contributed by atoms with Crippen molar-refractivity contribution >= 4 is 57.6 Å². The smallest absolute Gasteiger partial charge is 0.0910 e. The second-order valence-electron chi connectivity index (χ2n) is 11.3. The molecule has 2 fully saturated rings. The molecule has 5 heteroatoms. The summed E-state index contributed by atoms with van der Waals surface area (Å²) < 4.78 is 1.89. The molecular formula is C37H31ClN2S2. The van der Waals surface area contributed by atoms with E-state index in [1.54, 1.807) is 11.8 Å². The number of rotatable bonds is 2. The molecule has 42 heavy (non-hydrogen) atoms. The monoisotopic (exact) mass is 602 g/mol. The summed E-state index contributed by atoms with van der Waals surface area (Å²) in [6, 6.07) is 13.1. The molecule has 3 aliphatic carbocycles. The summed E-state index contributed by atoms with van der Waals surface area (Å²) in [6.45, 7) is 21.7. The van der Waals surface area contributed by atoms with Crippen LogP contribution in [0.25, 0.3) is 22.3 Å². The van der Waals surface area contributed by atoms with Crippen molar-refractivity contribution in [1.82, 2.24) is 9.32 Å². The van der Waals surface area contributed by atoms with Gasteiger partial charge >= 0.3 is 0 Å². The molecular weight excluding hydrogens is 572 g/mol. The second-order valence-corrected chi connectivity index (χ2v) is 13.7. The van der Waals surface area contributed by atoms with Gasteiger partial charge in [-0.3, -0.25) is 4.42 Å². The van der Waals surface area contributed by atoms with Gasteiger partial charge < -0.3 is 4.90 Å². The fraction of sp³-hybridized carbons (Fsp3) is 0.135. The maximum atomic E-state index is 6.96. The van der Waals surface area contributed by atoms with E-state index < -0.39 is 0 Å². The lowest BCUT2D eigenvalue weighted by atomic mass is 10.0. The molecule has 2 saturated heterocycles. The minimum atomic E-state index is 0.126. The molecule has 1 atom stereocenters. The lowest BCUT2D eigenvalue weighted by Crippen LogP contribution is -2.23.